The molecule has 0 radical (unpaired) electrons. The number of nitrogens with zero attached hydrogens (tertiary/aromatic N) is 2. The number of guanidine groups is 1. The summed E-state index contributed by atoms with van der Waals surface area (Å²) in [5.41, 5.74) is 2.02. The van der Waals surface area contributed by atoms with Gasteiger partial charge in [-0.05, 0) is 36.8 Å². The minimum Gasteiger partial charge on any atom is -0.493 e. The first-order chi connectivity index (χ1) is 12.7. The molecule has 1 aromatic carbocycles. The van der Waals surface area contributed by atoms with Crippen LogP contribution in [0.1, 0.15) is 18.2 Å². The topological polar surface area (TPSA) is 67.8 Å². The van der Waals surface area contributed by atoms with Crippen LogP contribution < -0.4 is 20.1 Å². The average Bonchev–Trinajstić information content (AvgIpc) is 2.67. The van der Waals surface area contributed by atoms with Gasteiger partial charge in [-0.1, -0.05) is 17.7 Å². The highest BCUT2D eigenvalue weighted by Crippen LogP contribution is 2.36. The molecule has 2 N–H and O–H groups in total. The van der Waals surface area contributed by atoms with Gasteiger partial charge in [-0.15, -0.1) is 0 Å². The molecule has 7 heteroatoms. The van der Waals surface area contributed by atoms with E-state index in [4.69, 9.17) is 21.1 Å². The number of rotatable bonds is 8. The molecule has 140 valence electrons. The lowest BCUT2D eigenvalue weighted by Crippen LogP contribution is -2.37. The summed E-state index contributed by atoms with van der Waals surface area (Å²) in [6.45, 7) is 3.74. The zero-order valence-electron chi connectivity index (χ0n) is 15.4. The number of aromatic nitrogens is 1. The first-order valence-electron chi connectivity index (χ1n) is 8.51. The Kier molecular flexibility index (Phi) is 8.02. The van der Waals surface area contributed by atoms with E-state index in [2.05, 4.69) is 20.6 Å². The van der Waals surface area contributed by atoms with Crippen molar-refractivity contribution in [2.45, 2.75) is 19.9 Å². The summed E-state index contributed by atoms with van der Waals surface area (Å²) in [7, 11) is 3.34. The Bertz CT molecular complexity index is 723. The third-order valence-corrected chi connectivity index (χ3v) is 3.94. The number of benzene rings is 1. The van der Waals surface area contributed by atoms with E-state index in [-0.39, 0.29) is 0 Å². The number of hydrogen-bond acceptors (Lipinski definition) is 4. The monoisotopic (exact) mass is 376 g/mol. The summed E-state index contributed by atoms with van der Waals surface area (Å²) in [5, 5.41) is 7.07. The molecule has 0 unspecified atom stereocenters. The van der Waals surface area contributed by atoms with Crippen LogP contribution in [0.4, 0.5) is 0 Å². The summed E-state index contributed by atoms with van der Waals surface area (Å²) in [5.74, 6) is 1.90. The Morgan fingerprint density at radius 1 is 1.27 bits per heavy atom. The summed E-state index contributed by atoms with van der Waals surface area (Å²) < 4.78 is 10.9. The molecule has 0 amide bonds. The van der Waals surface area contributed by atoms with Crippen molar-refractivity contribution in [3.05, 3.63) is 52.8 Å². The van der Waals surface area contributed by atoms with Gasteiger partial charge in [0.15, 0.2) is 17.5 Å². The van der Waals surface area contributed by atoms with Crippen molar-refractivity contribution in [3.8, 4) is 11.5 Å². The van der Waals surface area contributed by atoms with E-state index in [1.165, 1.54) is 0 Å². The average molecular weight is 377 g/mol. The molecule has 2 aromatic rings. The van der Waals surface area contributed by atoms with Crippen LogP contribution in [0.5, 0.6) is 11.5 Å². The van der Waals surface area contributed by atoms with Crippen LogP contribution in [-0.4, -0.2) is 38.3 Å². The molecular formula is C19H25ClN4O2. The third-order valence-electron chi connectivity index (χ3n) is 3.66. The summed E-state index contributed by atoms with van der Waals surface area (Å²) in [6, 6.07) is 9.67. The van der Waals surface area contributed by atoms with E-state index < -0.39 is 0 Å². The second-order valence-corrected chi connectivity index (χ2v) is 5.87. The number of ether oxygens (including phenoxy) is 2. The Morgan fingerprint density at radius 2 is 2.12 bits per heavy atom. The van der Waals surface area contributed by atoms with E-state index >= 15 is 0 Å². The predicted molar refractivity (Wildman–Crippen MR) is 105 cm³/mol. The Labute approximate surface area is 159 Å². The molecule has 0 spiro atoms. The molecule has 0 saturated carbocycles. The van der Waals surface area contributed by atoms with Gasteiger partial charge in [0.05, 0.1) is 18.7 Å². The third kappa shape index (κ3) is 5.81. The maximum Gasteiger partial charge on any atom is 0.191 e. The van der Waals surface area contributed by atoms with Crippen molar-refractivity contribution in [2.24, 2.45) is 4.99 Å². The van der Waals surface area contributed by atoms with Crippen LogP contribution in [0, 0.1) is 0 Å². The molecule has 2 rings (SSSR count). The summed E-state index contributed by atoms with van der Waals surface area (Å²) in [6.07, 6.45) is 2.62. The fourth-order valence-electron chi connectivity index (χ4n) is 2.42. The zero-order valence-corrected chi connectivity index (χ0v) is 16.1. The summed E-state index contributed by atoms with van der Waals surface area (Å²) >= 11 is 6.31. The molecule has 0 bridgehead atoms. The fraction of sp³-hybridized carbons (Fsp3) is 0.368. The standard InChI is InChI=1S/C19H25ClN4O2/c1-4-26-18-16(20)11-14(12-17(18)25-3)13-24-19(21-2)23-10-8-15-7-5-6-9-22-15/h5-7,9,11-12H,4,8,10,13H2,1-3H3,(H2,21,23,24). The van der Waals surface area contributed by atoms with Gasteiger partial charge in [0.1, 0.15) is 0 Å². The van der Waals surface area contributed by atoms with Crippen molar-refractivity contribution in [1.29, 1.82) is 0 Å². The van der Waals surface area contributed by atoms with Crippen molar-refractivity contribution in [3.63, 3.8) is 0 Å². The zero-order chi connectivity index (χ0) is 18.8. The van der Waals surface area contributed by atoms with Crippen LogP contribution in [0.3, 0.4) is 0 Å². The second-order valence-electron chi connectivity index (χ2n) is 5.47. The summed E-state index contributed by atoms with van der Waals surface area (Å²) in [4.78, 5) is 8.54. The maximum absolute atomic E-state index is 6.31. The van der Waals surface area contributed by atoms with E-state index in [1.54, 1.807) is 20.4 Å². The SMILES string of the molecule is CCOc1c(Cl)cc(CNC(=NC)NCCc2ccccn2)cc1OC. The first-order valence-corrected chi connectivity index (χ1v) is 8.89. The highest BCUT2D eigenvalue weighted by molar-refractivity contribution is 6.32. The second kappa shape index (κ2) is 10.5. The van der Waals surface area contributed by atoms with Crippen molar-refractivity contribution in [1.82, 2.24) is 15.6 Å². The minimum atomic E-state index is 0.528. The molecule has 0 fully saturated rings. The van der Waals surface area contributed by atoms with Gasteiger partial charge >= 0.3 is 0 Å². The largest absolute Gasteiger partial charge is 0.493 e. The van der Waals surface area contributed by atoms with Gasteiger partial charge in [0.2, 0.25) is 0 Å². The van der Waals surface area contributed by atoms with Gasteiger partial charge < -0.3 is 20.1 Å². The molecule has 26 heavy (non-hydrogen) atoms. The molecule has 0 saturated heterocycles. The number of halogens is 1. The molecule has 0 atom stereocenters. The highest BCUT2D eigenvalue weighted by Gasteiger charge is 2.12. The van der Waals surface area contributed by atoms with E-state index in [0.717, 1.165) is 24.2 Å². The molecular weight excluding hydrogens is 352 g/mol. The van der Waals surface area contributed by atoms with Crippen LogP contribution in [-0.2, 0) is 13.0 Å². The maximum atomic E-state index is 6.31. The van der Waals surface area contributed by atoms with Gasteiger partial charge in [0, 0.05) is 38.4 Å². The van der Waals surface area contributed by atoms with Gasteiger partial charge in [0.25, 0.3) is 0 Å². The fourth-order valence-corrected chi connectivity index (χ4v) is 2.71. The molecule has 6 nitrogen and oxygen atoms in total. The van der Waals surface area contributed by atoms with E-state index in [0.29, 0.717) is 35.6 Å². The minimum absolute atomic E-state index is 0.528. The highest BCUT2D eigenvalue weighted by atomic mass is 35.5. The van der Waals surface area contributed by atoms with Crippen LogP contribution in [0.25, 0.3) is 0 Å². The molecule has 1 aromatic heterocycles. The molecule has 1 heterocycles. The first kappa shape index (κ1) is 19.8. The van der Waals surface area contributed by atoms with Gasteiger partial charge in [-0.3, -0.25) is 9.98 Å². The Hall–Kier alpha value is -2.47. The Balaban J connectivity index is 1.90. The Morgan fingerprint density at radius 3 is 2.77 bits per heavy atom. The number of nitrogens with one attached hydrogen (secondary N) is 2. The molecule has 0 aliphatic rings. The van der Waals surface area contributed by atoms with Crippen LogP contribution >= 0.6 is 11.6 Å². The van der Waals surface area contributed by atoms with Crippen molar-refractivity contribution < 1.29 is 9.47 Å². The lowest BCUT2D eigenvalue weighted by molar-refractivity contribution is 0.311. The van der Waals surface area contributed by atoms with Gasteiger partial charge in [-0.2, -0.15) is 0 Å². The number of hydrogen-bond donors (Lipinski definition) is 2. The quantitative estimate of drug-likeness (QED) is 0.547. The smallest absolute Gasteiger partial charge is 0.191 e. The lowest BCUT2D eigenvalue weighted by Gasteiger charge is -2.15. The van der Waals surface area contributed by atoms with E-state index in [9.17, 15) is 0 Å². The number of pyridine rings is 1. The lowest BCUT2D eigenvalue weighted by atomic mass is 10.2. The normalized spacial score (nSPS) is 11.2. The predicted octanol–water partition coefficient (Wildman–Crippen LogP) is 3.05. The van der Waals surface area contributed by atoms with Crippen molar-refractivity contribution >= 4 is 17.6 Å². The van der Waals surface area contributed by atoms with Gasteiger partial charge in [-0.25, -0.2) is 0 Å². The number of methoxy groups -OCH3 is 1. The van der Waals surface area contributed by atoms with Crippen LogP contribution in [0.2, 0.25) is 5.02 Å². The van der Waals surface area contributed by atoms with Crippen molar-refractivity contribution in [2.75, 3.05) is 27.3 Å². The molecule has 0 aliphatic carbocycles. The van der Waals surface area contributed by atoms with E-state index in [1.807, 2.05) is 37.3 Å². The number of aliphatic imine (C=N–C) groups is 1. The molecule has 0 aliphatic heterocycles. The van der Waals surface area contributed by atoms with Crippen LogP contribution in [0.15, 0.2) is 41.5 Å².